The van der Waals surface area contributed by atoms with Crippen LogP contribution in [0.4, 0.5) is 0 Å². The molecule has 0 bridgehead atoms. The van der Waals surface area contributed by atoms with Gasteiger partial charge in [-0.3, -0.25) is 4.79 Å². The van der Waals surface area contributed by atoms with Crippen molar-refractivity contribution >= 4 is 6.41 Å². The van der Waals surface area contributed by atoms with Gasteiger partial charge in [-0.15, -0.1) is 0 Å². The zero-order chi connectivity index (χ0) is 12.3. The quantitative estimate of drug-likeness (QED) is 0.752. The summed E-state index contributed by atoms with van der Waals surface area (Å²) >= 11 is 0. The first-order valence-electron chi connectivity index (χ1n) is 5.98. The average molecular weight is 234 g/mol. The third kappa shape index (κ3) is 2.40. The molecule has 1 fully saturated rings. The van der Waals surface area contributed by atoms with E-state index in [4.69, 9.17) is 4.74 Å². The predicted octanol–water partition coefficient (Wildman–Crippen LogP) is 2.08. The standard InChI is InChI=1S/C13H18N2O2/c1-10-7-11(8-14-13(10)17-2)12-5-3-4-6-15(12)9-16/h7-9,12H,3-6H2,1-2H3. The van der Waals surface area contributed by atoms with Crippen LogP contribution in [0.25, 0.3) is 0 Å². The van der Waals surface area contributed by atoms with Crippen LogP contribution < -0.4 is 4.74 Å². The molecular weight excluding hydrogens is 216 g/mol. The largest absolute Gasteiger partial charge is 0.481 e. The maximum atomic E-state index is 11.0. The fraction of sp³-hybridized carbons (Fsp3) is 0.538. The zero-order valence-electron chi connectivity index (χ0n) is 10.3. The molecule has 1 unspecified atom stereocenters. The third-order valence-corrected chi connectivity index (χ3v) is 3.31. The molecule has 17 heavy (non-hydrogen) atoms. The van der Waals surface area contributed by atoms with Gasteiger partial charge in [0.1, 0.15) is 0 Å². The minimum Gasteiger partial charge on any atom is -0.481 e. The first-order valence-corrected chi connectivity index (χ1v) is 5.98. The van der Waals surface area contributed by atoms with Crippen molar-refractivity contribution in [1.82, 2.24) is 9.88 Å². The number of hydrogen-bond acceptors (Lipinski definition) is 3. The van der Waals surface area contributed by atoms with Crippen LogP contribution in [0.2, 0.25) is 0 Å². The molecule has 92 valence electrons. The molecule has 1 aliphatic heterocycles. The maximum absolute atomic E-state index is 11.0. The Kier molecular flexibility index (Phi) is 3.61. The lowest BCUT2D eigenvalue weighted by Gasteiger charge is -2.33. The molecule has 1 atom stereocenters. The van der Waals surface area contributed by atoms with Gasteiger partial charge >= 0.3 is 0 Å². The lowest BCUT2D eigenvalue weighted by Crippen LogP contribution is -2.32. The number of amides is 1. The molecule has 1 aliphatic rings. The highest BCUT2D eigenvalue weighted by Gasteiger charge is 2.23. The molecule has 1 amide bonds. The topological polar surface area (TPSA) is 42.4 Å². The average Bonchev–Trinajstić information content (AvgIpc) is 2.38. The van der Waals surface area contributed by atoms with E-state index < -0.39 is 0 Å². The summed E-state index contributed by atoms with van der Waals surface area (Å²) in [5.74, 6) is 0.655. The SMILES string of the molecule is COc1ncc(C2CCCCN2C=O)cc1C. The fourth-order valence-electron chi connectivity index (χ4n) is 2.42. The van der Waals surface area contributed by atoms with Crippen molar-refractivity contribution < 1.29 is 9.53 Å². The van der Waals surface area contributed by atoms with Gasteiger partial charge in [-0.1, -0.05) is 0 Å². The van der Waals surface area contributed by atoms with Crippen LogP contribution in [-0.2, 0) is 4.79 Å². The van der Waals surface area contributed by atoms with Gasteiger partial charge in [0.25, 0.3) is 0 Å². The van der Waals surface area contributed by atoms with Crippen molar-refractivity contribution in [2.24, 2.45) is 0 Å². The van der Waals surface area contributed by atoms with Gasteiger partial charge in [0, 0.05) is 18.3 Å². The van der Waals surface area contributed by atoms with Crippen LogP contribution in [0.15, 0.2) is 12.3 Å². The molecule has 2 heterocycles. The maximum Gasteiger partial charge on any atom is 0.215 e. The van der Waals surface area contributed by atoms with Crippen molar-refractivity contribution in [3.63, 3.8) is 0 Å². The monoisotopic (exact) mass is 234 g/mol. The molecule has 1 aromatic rings. The van der Waals surface area contributed by atoms with Crippen molar-refractivity contribution in [2.45, 2.75) is 32.2 Å². The summed E-state index contributed by atoms with van der Waals surface area (Å²) in [6.07, 6.45) is 6.05. The second kappa shape index (κ2) is 5.17. The summed E-state index contributed by atoms with van der Waals surface area (Å²) in [4.78, 5) is 17.2. The van der Waals surface area contributed by atoms with E-state index in [1.807, 2.05) is 18.0 Å². The summed E-state index contributed by atoms with van der Waals surface area (Å²) in [7, 11) is 1.62. The van der Waals surface area contributed by atoms with E-state index in [9.17, 15) is 4.79 Å². The number of aryl methyl sites for hydroxylation is 1. The fourth-order valence-corrected chi connectivity index (χ4v) is 2.42. The Bertz CT molecular complexity index is 406. The highest BCUT2D eigenvalue weighted by molar-refractivity contribution is 5.49. The van der Waals surface area contributed by atoms with Gasteiger partial charge in [-0.25, -0.2) is 4.98 Å². The van der Waals surface area contributed by atoms with Crippen LogP contribution in [0, 0.1) is 6.92 Å². The number of likely N-dealkylation sites (tertiary alicyclic amines) is 1. The number of hydrogen-bond donors (Lipinski definition) is 0. The highest BCUT2D eigenvalue weighted by atomic mass is 16.5. The van der Waals surface area contributed by atoms with Crippen LogP contribution in [0.5, 0.6) is 5.88 Å². The number of ether oxygens (including phenoxy) is 1. The number of carbonyl (C=O) groups is 1. The second-order valence-electron chi connectivity index (χ2n) is 4.45. The summed E-state index contributed by atoms with van der Waals surface area (Å²) in [6, 6.07) is 2.25. The van der Waals surface area contributed by atoms with Crippen molar-refractivity contribution in [2.75, 3.05) is 13.7 Å². The van der Waals surface area contributed by atoms with Gasteiger partial charge in [0.05, 0.1) is 13.2 Å². The van der Waals surface area contributed by atoms with Gasteiger partial charge in [-0.2, -0.15) is 0 Å². The molecule has 1 aromatic heterocycles. The first-order chi connectivity index (χ1) is 8.26. The number of rotatable bonds is 3. The molecule has 1 saturated heterocycles. The van der Waals surface area contributed by atoms with E-state index in [0.717, 1.165) is 36.9 Å². The Labute approximate surface area is 102 Å². The van der Waals surface area contributed by atoms with Crippen molar-refractivity contribution in [3.8, 4) is 5.88 Å². The zero-order valence-corrected chi connectivity index (χ0v) is 10.3. The van der Waals surface area contributed by atoms with E-state index >= 15 is 0 Å². The van der Waals surface area contributed by atoms with Crippen LogP contribution >= 0.6 is 0 Å². The molecule has 2 rings (SSSR count). The number of piperidine rings is 1. The van der Waals surface area contributed by atoms with Crippen LogP contribution in [0.3, 0.4) is 0 Å². The Hall–Kier alpha value is -1.58. The number of methoxy groups -OCH3 is 1. The molecule has 0 N–H and O–H groups in total. The number of carbonyl (C=O) groups excluding carboxylic acids is 1. The Morgan fingerprint density at radius 1 is 1.53 bits per heavy atom. The molecule has 0 radical (unpaired) electrons. The van der Waals surface area contributed by atoms with Crippen molar-refractivity contribution in [3.05, 3.63) is 23.4 Å². The number of pyridine rings is 1. The predicted molar refractivity (Wildman–Crippen MR) is 64.9 cm³/mol. The van der Waals surface area contributed by atoms with E-state index in [0.29, 0.717) is 5.88 Å². The minimum absolute atomic E-state index is 0.179. The smallest absolute Gasteiger partial charge is 0.215 e. The summed E-state index contributed by atoms with van der Waals surface area (Å²) < 4.78 is 5.15. The van der Waals surface area contributed by atoms with E-state index in [2.05, 4.69) is 11.1 Å². The van der Waals surface area contributed by atoms with Crippen LogP contribution in [0.1, 0.15) is 36.4 Å². The molecule has 4 heteroatoms. The molecule has 0 aliphatic carbocycles. The van der Waals surface area contributed by atoms with E-state index in [-0.39, 0.29) is 6.04 Å². The van der Waals surface area contributed by atoms with E-state index in [1.54, 1.807) is 7.11 Å². The Morgan fingerprint density at radius 3 is 3.00 bits per heavy atom. The molecule has 0 spiro atoms. The Morgan fingerprint density at radius 2 is 2.35 bits per heavy atom. The van der Waals surface area contributed by atoms with Gasteiger partial charge < -0.3 is 9.64 Å². The molecule has 0 aromatic carbocycles. The molecular formula is C13H18N2O2. The number of aromatic nitrogens is 1. The van der Waals surface area contributed by atoms with Gasteiger partial charge in [0.15, 0.2) is 0 Å². The van der Waals surface area contributed by atoms with E-state index in [1.165, 1.54) is 6.42 Å². The second-order valence-corrected chi connectivity index (χ2v) is 4.45. The molecule has 0 saturated carbocycles. The summed E-state index contributed by atoms with van der Waals surface area (Å²) in [5, 5.41) is 0. The first kappa shape index (κ1) is 11.9. The summed E-state index contributed by atoms with van der Waals surface area (Å²) in [5.41, 5.74) is 2.12. The van der Waals surface area contributed by atoms with Crippen molar-refractivity contribution in [1.29, 1.82) is 0 Å². The normalized spacial score (nSPS) is 20.1. The minimum atomic E-state index is 0.179. The molecule has 4 nitrogen and oxygen atoms in total. The van der Waals surface area contributed by atoms with Gasteiger partial charge in [0.2, 0.25) is 12.3 Å². The Balaban J connectivity index is 2.26. The summed E-state index contributed by atoms with van der Waals surface area (Å²) in [6.45, 7) is 2.82. The highest BCUT2D eigenvalue weighted by Crippen LogP contribution is 2.30. The lowest BCUT2D eigenvalue weighted by atomic mass is 9.96. The number of nitrogens with zero attached hydrogens (tertiary/aromatic N) is 2. The van der Waals surface area contributed by atoms with Crippen LogP contribution in [-0.4, -0.2) is 29.9 Å². The lowest BCUT2D eigenvalue weighted by molar-refractivity contribution is -0.121. The van der Waals surface area contributed by atoms with Gasteiger partial charge in [-0.05, 0) is 37.8 Å². The third-order valence-electron chi connectivity index (χ3n) is 3.31.